The van der Waals surface area contributed by atoms with Crippen LogP contribution in [0.3, 0.4) is 0 Å². The Morgan fingerprint density at radius 2 is 1.96 bits per heavy atom. The highest BCUT2D eigenvalue weighted by molar-refractivity contribution is 5.82. The van der Waals surface area contributed by atoms with E-state index in [0.29, 0.717) is 13.0 Å². The Kier molecular flexibility index (Phi) is 5.44. The summed E-state index contributed by atoms with van der Waals surface area (Å²) in [5, 5.41) is 13.1. The molecule has 0 unspecified atom stereocenters. The van der Waals surface area contributed by atoms with Gasteiger partial charge in [-0.3, -0.25) is 4.79 Å². The zero-order valence-electron chi connectivity index (χ0n) is 15.8. The van der Waals surface area contributed by atoms with E-state index in [4.69, 9.17) is 4.74 Å². The fraction of sp³-hybridized carbons (Fsp3) is 0.409. The van der Waals surface area contributed by atoms with Gasteiger partial charge in [0, 0.05) is 19.0 Å². The summed E-state index contributed by atoms with van der Waals surface area (Å²) in [4.78, 5) is 15.2. The van der Waals surface area contributed by atoms with Crippen molar-refractivity contribution in [2.45, 2.75) is 37.1 Å². The van der Waals surface area contributed by atoms with E-state index in [-0.39, 0.29) is 30.4 Å². The maximum absolute atomic E-state index is 13.5. The van der Waals surface area contributed by atoms with E-state index >= 15 is 0 Å². The van der Waals surface area contributed by atoms with Crippen molar-refractivity contribution in [2.24, 2.45) is 0 Å². The molecule has 2 aliphatic heterocycles. The van der Waals surface area contributed by atoms with Gasteiger partial charge in [0.05, 0.1) is 18.8 Å². The average molecular weight is 384 g/mol. The third-order valence-corrected chi connectivity index (χ3v) is 5.80. The number of likely N-dealkylation sites (N-methyl/N-ethyl adjacent to an activating group) is 1. The minimum Gasteiger partial charge on any atom is -0.389 e. The van der Waals surface area contributed by atoms with Crippen LogP contribution in [0.2, 0.25) is 0 Å². The van der Waals surface area contributed by atoms with Gasteiger partial charge < -0.3 is 20.1 Å². The number of aliphatic hydroxyl groups is 1. The normalized spacial score (nSPS) is 27.3. The van der Waals surface area contributed by atoms with E-state index in [0.717, 1.165) is 17.5 Å². The van der Waals surface area contributed by atoms with Crippen LogP contribution in [-0.2, 0) is 16.0 Å². The van der Waals surface area contributed by atoms with Gasteiger partial charge in [-0.15, -0.1) is 0 Å². The van der Waals surface area contributed by atoms with Gasteiger partial charge in [0.1, 0.15) is 11.9 Å². The van der Waals surface area contributed by atoms with Gasteiger partial charge in [0.25, 0.3) is 5.91 Å². The first-order valence-electron chi connectivity index (χ1n) is 9.69. The molecule has 0 spiro atoms. The summed E-state index contributed by atoms with van der Waals surface area (Å²) >= 11 is 0. The van der Waals surface area contributed by atoms with Gasteiger partial charge in [0.2, 0.25) is 0 Å². The molecule has 0 radical (unpaired) electrons. The van der Waals surface area contributed by atoms with Crippen molar-refractivity contribution in [1.82, 2.24) is 10.2 Å². The lowest BCUT2D eigenvalue weighted by Crippen LogP contribution is -2.54. The molecule has 28 heavy (non-hydrogen) atoms. The fourth-order valence-corrected chi connectivity index (χ4v) is 4.26. The molecule has 4 rings (SSSR count). The predicted molar refractivity (Wildman–Crippen MR) is 103 cm³/mol. The Hall–Kier alpha value is -2.28. The summed E-state index contributed by atoms with van der Waals surface area (Å²) in [5.74, 6) is -0.386. The van der Waals surface area contributed by atoms with E-state index in [1.165, 1.54) is 17.7 Å². The highest BCUT2D eigenvalue weighted by Gasteiger charge is 2.39. The minimum atomic E-state index is -0.621. The summed E-state index contributed by atoms with van der Waals surface area (Å²) in [7, 11) is 1.78. The molecule has 6 heteroatoms. The van der Waals surface area contributed by atoms with E-state index in [1.807, 2.05) is 23.1 Å². The first-order valence-corrected chi connectivity index (χ1v) is 9.69. The van der Waals surface area contributed by atoms with E-state index < -0.39 is 12.2 Å². The molecule has 2 heterocycles. The average Bonchev–Trinajstić information content (AvgIpc) is 2.73. The van der Waals surface area contributed by atoms with E-state index in [9.17, 15) is 14.3 Å². The van der Waals surface area contributed by atoms with Crippen LogP contribution in [0, 0.1) is 5.82 Å². The number of aliphatic hydroxyl groups excluding tert-OH is 1. The van der Waals surface area contributed by atoms with Gasteiger partial charge in [0.15, 0.2) is 0 Å². The predicted octanol–water partition coefficient (Wildman–Crippen LogP) is 2.04. The van der Waals surface area contributed by atoms with Crippen molar-refractivity contribution in [3.63, 3.8) is 0 Å². The number of hydrogen-bond donors (Lipinski definition) is 2. The number of carbonyl (C=O) groups excluding carboxylic acids is 1. The van der Waals surface area contributed by atoms with Crippen molar-refractivity contribution in [1.29, 1.82) is 0 Å². The second-order valence-electron chi connectivity index (χ2n) is 7.45. The number of fused-ring (bicyclic) bond motifs is 1. The third-order valence-electron chi connectivity index (χ3n) is 5.80. The Morgan fingerprint density at radius 1 is 1.21 bits per heavy atom. The van der Waals surface area contributed by atoms with Crippen molar-refractivity contribution in [3.05, 3.63) is 71.0 Å². The molecule has 0 saturated carbocycles. The number of amides is 1. The zero-order chi connectivity index (χ0) is 19.7. The van der Waals surface area contributed by atoms with Crippen LogP contribution in [0.15, 0.2) is 48.5 Å². The fourth-order valence-electron chi connectivity index (χ4n) is 4.26. The van der Waals surface area contributed by atoms with Crippen LogP contribution >= 0.6 is 0 Å². The zero-order valence-corrected chi connectivity index (χ0v) is 15.8. The molecule has 0 bridgehead atoms. The van der Waals surface area contributed by atoms with Crippen LogP contribution in [0.25, 0.3) is 0 Å². The summed E-state index contributed by atoms with van der Waals surface area (Å²) in [6, 6.07) is 14.0. The largest absolute Gasteiger partial charge is 0.389 e. The number of halogens is 1. The molecule has 1 fully saturated rings. The summed E-state index contributed by atoms with van der Waals surface area (Å²) in [5.41, 5.74) is 3.14. The van der Waals surface area contributed by atoms with Crippen molar-refractivity contribution < 1.29 is 19.0 Å². The van der Waals surface area contributed by atoms with Gasteiger partial charge in [-0.05, 0) is 42.3 Å². The summed E-state index contributed by atoms with van der Waals surface area (Å²) < 4.78 is 19.2. The third kappa shape index (κ3) is 3.55. The number of nitrogens with one attached hydrogen (secondary N) is 1. The standard InChI is InChI=1S/C22H25FN2O3/c1-24-18-12-20(28-13-19(18)26)22(27)25-11-10-14-4-2-3-5-17(14)21(25)15-6-8-16(23)9-7-15/h2-9,18-21,24,26H,10-13H2,1H3/t18-,19+,20+,21-/m0/s1. The number of rotatable bonds is 3. The molecular weight excluding hydrogens is 359 g/mol. The van der Waals surface area contributed by atoms with Crippen LogP contribution in [0.5, 0.6) is 0 Å². The van der Waals surface area contributed by atoms with Crippen molar-refractivity contribution in [2.75, 3.05) is 20.2 Å². The molecule has 1 amide bonds. The number of nitrogens with zero attached hydrogens (tertiary/aromatic N) is 1. The maximum Gasteiger partial charge on any atom is 0.252 e. The van der Waals surface area contributed by atoms with Crippen LogP contribution < -0.4 is 5.32 Å². The second kappa shape index (κ2) is 7.99. The number of benzene rings is 2. The smallest absolute Gasteiger partial charge is 0.252 e. The van der Waals surface area contributed by atoms with Crippen LogP contribution in [0.1, 0.15) is 29.2 Å². The lowest BCUT2D eigenvalue weighted by molar-refractivity contribution is -0.155. The molecule has 0 aliphatic carbocycles. The minimum absolute atomic E-state index is 0.0871. The molecule has 2 N–H and O–H groups in total. The first kappa shape index (κ1) is 19.1. The SMILES string of the molecule is CN[C@H]1C[C@H](C(=O)N2CCc3ccccc3[C@@H]2c2ccc(F)cc2)OC[C@H]1O. The topological polar surface area (TPSA) is 61.8 Å². The Bertz CT molecular complexity index is 842. The Balaban J connectivity index is 1.67. The summed E-state index contributed by atoms with van der Waals surface area (Å²) in [6.45, 7) is 0.706. The Morgan fingerprint density at radius 3 is 2.71 bits per heavy atom. The molecular formula is C22H25FN2O3. The molecule has 2 aromatic rings. The number of ether oxygens (including phenoxy) is 1. The van der Waals surface area contributed by atoms with Gasteiger partial charge in [-0.1, -0.05) is 36.4 Å². The van der Waals surface area contributed by atoms with E-state index in [2.05, 4.69) is 11.4 Å². The monoisotopic (exact) mass is 384 g/mol. The maximum atomic E-state index is 13.5. The highest BCUT2D eigenvalue weighted by Crippen LogP contribution is 2.36. The quantitative estimate of drug-likeness (QED) is 0.850. The van der Waals surface area contributed by atoms with E-state index in [1.54, 1.807) is 19.2 Å². The molecule has 0 aromatic heterocycles. The first-order chi connectivity index (χ1) is 13.6. The molecule has 5 nitrogen and oxygen atoms in total. The molecule has 1 saturated heterocycles. The lowest BCUT2D eigenvalue weighted by atomic mass is 9.87. The van der Waals surface area contributed by atoms with Crippen molar-refractivity contribution in [3.8, 4) is 0 Å². The lowest BCUT2D eigenvalue weighted by Gasteiger charge is -2.41. The van der Waals surface area contributed by atoms with Gasteiger partial charge in [-0.25, -0.2) is 4.39 Å². The number of carbonyl (C=O) groups is 1. The van der Waals surface area contributed by atoms with Crippen LogP contribution in [0.4, 0.5) is 4.39 Å². The Labute approximate surface area is 164 Å². The molecule has 2 aromatic carbocycles. The van der Waals surface area contributed by atoms with Crippen molar-refractivity contribution >= 4 is 5.91 Å². The molecule has 2 aliphatic rings. The van der Waals surface area contributed by atoms with Gasteiger partial charge in [-0.2, -0.15) is 0 Å². The van der Waals surface area contributed by atoms with Crippen LogP contribution in [-0.4, -0.2) is 54.4 Å². The molecule has 148 valence electrons. The molecule has 4 atom stereocenters. The number of hydrogen-bond acceptors (Lipinski definition) is 4. The second-order valence-corrected chi connectivity index (χ2v) is 7.45. The summed E-state index contributed by atoms with van der Waals surface area (Å²) in [6.07, 6.45) is -0.0343. The van der Waals surface area contributed by atoms with Gasteiger partial charge >= 0.3 is 0 Å². The highest BCUT2D eigenvalue weighted by atomic mass is 19.1.